The second-order valence-corrected chi connectivity index (χ2v) is 4.77. The van der Waals surface area contributed by atoms with Crippen LogP contribution in [0.5, 0.6) is 0 Å². The summed E-state index contributed by atoms with van der Waals surface area (Å²) in [6.45, 7) is 1.94. The van der Waals surface area contributed by atoms with E-state index in [9.17, 15) is 4.79 Å². The molecule has 1 aromatic rings. The standard InChI is InChI=1S/C14H21N3O/c1-15-8-3-4-14(18)16-12-5-6-13-11(10-12)7-9-17(13)2/h5-6,10,15H,3-4,7-9H2,1-2H3,(H,16,18). The summed E-state index contributed by atoms with van der Waals surface area (Å²) in [7, 11) is 4.00. The molecule has 18 heavy (non-hydrogen) atoms. The number of hydrogen-bond acceptors (Lipinski definition) is 3. The Hall–Kier alpha value is -1.55. The molecule has 2 N–H and O–H groups in total. The Labute approximate surface area is 108 Å². The largest absolute Gasteiger partial charge is 0.374 e. The molecule has 1 aliphatic rings. The van der Waals surface area contributed by atoms with Crippen molar-refractivity contribution in [1.82, 2.24) is 5.32 Å². The minimum Gasteiger partial charge on any atom is -0.374 e. The Bertz CT molecular complexity index is 431. The van der Waals surface area contributed by atoms with Gasteiger partial charge < -0.3 is 15.5 Å². The highest BCUT2D eigenvalue weighted by Gasteiger charge is 2.15. The molecule has 0 saturated heterocycles. The number of likely N-dealkylation sites (N-methyl/N-ethyl adjacent to an activating group) is 1. The summed E-state index contributed by atoms with van der Waals surface area (Å²) in [6.07, 6.45) is 2.50. The zero-order valence-electron chi connectivity index (χ0n) is 11.1. The number of amides is 1. The van der Waals surface area contributed by atoms with Crippen molar-refractivity contribution < 1.29 is 4.79 Å². The molecule has 0 atom stereocenters. The van der Waals surface area contributed by atoms with Gasteiger partial charge in [0.05, 0.1) is 0 Å². The maximum atomic E-state index is 11.7. The molecule has 0 aromatic heterocycles. The van der Waals surface area contributed by atoms with Crippen molar-refractivity contribution in [3.05, 3.63) is 23.8 Å². The second-order valence-electron chi connectivity index (χ2n) is 4.77. The molecule has 1 heterocycles. The highest BCUT2D eigenvalue weighted by Crippen LogP contribution is 2.29. The van der Waals surface area contributed by atoms with E-state index >= 15 is 0 Å². The van der Waals surface area contributed by atoms with E-state index in [2.05, 4.69) is 34.7 Å². The van der Waals surface area contributed by atoms with Crippen LogP contribution in [0.25, 0.3) is 0 Å². The van der Waals surface area contributed by atoms with Crippen molar-refractivity contribution in [3.8, 4) is 0 Å². The SMILES string of the molecule is CNCCCC(=O)Nc1ccc2c(c1)CCN2C. The molecule has 0 bridgehead atoms. The van der Waals surface area contributed by atoms with Crippen LogP contribution in [0.3, 0.4) is 0 Å². The normalized spacial score (nSPS) is 13.6. The summed E-state index contributed by atoms with van der Waals surface area (Å²) in [5.74, 6) is 0.0940. The number of nitrogens with one attached hydrogen (secondary N) is 2. The van der Waals surface area contributed by atoms with Crippen LogP contribution >= 0.6 is 0 Å². The van der Waals surface area contributed by atoms with Crippen LogP contribution in [0, 0.1) is 0 Å². The van der Waals surface area contributed by atoms with Gasteiger partial charge in [-0.15, -0.1) is 0 Å². The molecule has 0 unspecified atom stereocenters. The lowest BCUT2D eigenvalue weighted by Gasteiger charge is -2.12. The third-order valence-corrected chi connectivity index (χ3v) is 3.32. The van der Waals surface area contributed by atoms with Crippen LogP contribution in [0.2, 0.25) is 0 Å². The Kier molecular flexibility index (Phi) is 4.20. The molecular weight excluding hydrogens is 226 g/mol. The molecule has 0 radical (unpaired) electrons. The van der Waals surface area contributed by atoms with E-state index in [1.54, 1.807) is 0 Å². The first-order chi connectivity index (χ1) is 8.70. The maximum absolute atomic E-state index is 11.7. The lowest BCUT2D eigenvalue weighted by Crippen LogP contribution is -2.15. The number of benzene rings is 1. The lowest BCUT2D eigenvalue weighted by molar-refractivity contribution is -0.116. The predicted molar refractivity (Wildman–Crippen MR) is 75.2 cm³/mol. The number of hydrogen-bond donors (Lipinski definition) is 2. The zero-order valence-corrected chi connectivity index (χ0v) is 11.1. The van der Waals surface area contributed by atoms with E-state index in [1.165, 1.54) is 11.3 Å². The minimum atomic E-state index is 0.0940. The van der Waals surface area contributed by atoms with Crippen molar-refractivity contribution in [2.45, 2.75) is 19.3 Å². The average molecular weight is 247 g/mol. The van der Waals surface area contributed by atoms with Crippen LogP contribution in [0.1, 0.15) is 18.4 Å². The van der Waals surface area contributed by atoms with Gasteiger partial charge in [-0.3, -0.25) is 4.79 Å². The number of anilines is 2. The molecule has 4 nitrogen and oxygen atoms in total. The molecule has 1 amide bonds. The van der Waals surface area contributed by atoms with Crippen molar-refractivity contribution >= 4 is 17.3 Å². The molecule has 0 saturated carbocycles. The topological polar surface area (TPSA) is 44.4 Å². The summed E-state index contributed by atoms with van der Waals surface area (Å²) in [4.78, 5) is 13.9. The van der Waals surface area contributed by atoms with Crippen LogP contribution in [0.4, 0.5) is 11.4 Å². The van der Waals surface area contributed by atoms with Crippen LogP contribution in [-0.2, 0) is 11.2 Å². The summed E-state index contributed by atoms with van der Waals surface area (Å²) in [6, 6.07) is 6.16. The van der Waals surface area contributed by atoms with Crippen molar-refractivity contribution in [1.29, 1.82) is 0 Å². The van der Waals surface area contributed by atoms with Gasteiger partial charge in [0.1, 0.15) is 0 Å². The lowest BCUT2D eigenvalue weighted by atomic mass is 10.1. The van der Waals surface area contributed by atoms with Crippen molar-refractivity contribution in [2.24, 2.45) is 0 Å². The van der Waals surface area contributed by atoms with E-state index in [1.807, 2.05) is 13.1 Å². The molecule has 0 spiro atoms. The van der Waals surface area contributed by atoms with E-state index in [0.29, 0.717) is 6.42 Å². The molecule has 0 aliphatic carbocycles. The van der Waals surface area contributed by atoms with Crippen molar-refractivity contribution in [3.63, 3.8) is 0 Å². The number of nitrogens with zero attached hydrogens (tertiary/aromatic N) is 1. The van der Waals surface area contributed by atoms with E-state index < -0.39 is 0 Å². The smallest absolute Gasteiger partial charge is 0.224 e. The van der Waals surface area contributed by atoms with E-state index in [-0.39, 0.29) is 5.91 Å². The first-order valence-corrected chi connectivity index (χ1v) is 6.49. The van der Waals surface area contributed by atoms with Crippen molar-refractivity contribution in [2.75, 3.05) is 37.4 Å². The third-order valence-electron chi connectivity index (χ3n) is 3.32. The Morgan fingerprint density at radius 3 is 3.06 bits per heavy atom. The van der Waals surface area contributed by atoms with Gasteiger partial charge in [0, 0.05) is 31.4 Å². The molecular formula is C14H21N3O. The monoisotopic (exact) mass is 247 g/mol. The molecule has 4 heteroatoms. The maximum Gasteiger partial charge on any atom is 0.224 e. The first-order valence-electron chi connectivity index (χ1n) is 6.49. The highest BCUT2D eigenvalue weighted by molar-refractivity contribution is 5.91. The quantitative estimate of drug-likeness (QED) is 0.777. The Morgan fingerprint density at radius 1 is 1.44 bits per heavy atom. The van der Waals surface area contributed by atoms with Crippen LogP contribution < -0.4 is 15.5 Å². The van der Waals surface area contributed by atoms with Gasteiger partial charge in [0.2, 0.25) is 5.91 Å². The number of fused-ring (bicyclic) bond motifs is 1. The summed E-state index contributed by atoms with van der Waals surface area (Å²) in [5, 5.41) is 6.00. The van der Waals surface area contributed by atoms with Gasteiger partial charge in [0.25, 0.3) is 0 Å². The number of carbonyl (C=O) groups excluding carboxylic acids is 1. The van der Waals surface area contributed by atoms with Gasteiger partial charge in [-0.1, -0.05) is 0 Å². The second kappa shape index (κ2) is 5.87. The van der Waals surface area contributed by atoms with Gasteiger partial charge in [0.15, 0.2) is 0 Å². The Morgan fingerprint density at radius 2 is 2.28 bits per heavy atom. The predicted octanol–water partition coefficient (Wildman–Crippen LogP) is 1.62. The Balaban J connectivity index is 1.92. The van der Waals surface area contributed by atoms with Gasteiger partial charge >= 0.3 is 0 Å². The van der Waals surface area contributed by atoms with E-state index in [4.69, 9.17) is 0 Å². The van der Waals surface area contributed by atoms with Gasteiger partial charge in [-0.25, -0.2) is 0 Å². The van der Waals surface area contributed by atoms with Gasteiger partial charge in [-0.2, -0.15) is 0 Å². The average Bonchev–Trinajstić information content (AvgIpc) is 2.71. The summed E-state index contributed by atoms with van der Waals surface area (Å²) < 4.78 is 0. The summed E-state index contributed by atoms with van der Waals surface area (Å²) >= 11 is 0. The third kappa shape index (κ3) is 3.01. The molecule has 0 fully saturated rings. The molecule has 1 aliphatic heterocycles. The first kappa shape index (κ1) is 12.9. The zero-order chi connectivity index (χ0) is 13.0. The molecule has 1 aromatic carbocycles. The van der Waals surface area contributed by atoms with E-state index in [0.717, 1.165) is 31.6 Å². The molecule has 2 rings (SSSR count). The summed E-state index contributed by atoms with van der Waals surface area (Å²) in [5.41, 5.74) is 3.52. The highest BCUT2D eigenvalue weighted by atomic mass is 16.1. The fourth-order valence-electron chi connectivity index (χ4n) is 2.29. The fraction of sp³-hybridized carbons (Fsp3) is 0.500. The van der Waals surface area contributed by atoms with Crippen LogP contribution in [0.15, 0.2) is 18.2 Å². The van der Waals surface area contributed by atoms with Crippen LogP contribution in [-0.4, -0.2) is 33.1 Å². The number of rotatable bonds is 5. The fourth-order valence-corrected chi connectivity index (χ4v) is 2.29. The number of carbonyl (C=O) groups is 1. The van der Waals surface area contributed by atoms with Gasteiger partial charge in [-0.05, 0) is 50.2 Å². The molecule has 98 valence electrons. The minimum absolute atomic E-state index is 0.0940.